The summed E-state index contributed by atoms with van der Waals surface area (Å²) < 4.78 is 19.4. The normalized spacial score (nSPS) is 11.2. The summed E-state index contributed by atoms with van der Waals surface area (Å²) in [5.41, 5.74) is 1.52. The highest BCUT2D eigenvalue weighted by Gasteiger charge is 2.22. The molecule has 0 spiro atoms. The van der Waals surface area contributed by atoms with Crippen LogP contribution in [0.25, 0.3) is 10.9 Å². The van der Waals surface area contributed by atoms with E-state index in [2.05, 4.69) is 47.1 Å². The van der Waals surface area contributed by atoms with Crippen molar-refractivity contribution in [1.82, 2.24) is 14.5 Å². The number of thioether (sulfide) groups is 1. The third-order valence-corrected chi connectivity index (χ3v) is 6.81. The van der Waals surface area contributed by atoms with E-state index in [4.69, 9.17) is 19.2 Å². The zero-order chi connectivity index (χ0) is 24.0. The molecule has 0 saturated carbocycles. The molecule has 0 fully saturated rings. The molecular weight excluding hydrogens is 506 g/mol. The maximum atomic E-state index is 13.6. The third kappa shape index (κ3) is 6.02. The van der Waals surface area contributed by atoms with Crippen LogP contribution in [0.2, 0.25) is 0 Å². The Bertz CT molecular complexity index is 1150. The van der Waals surface area contributed by atoms with Gasteiger partial charge in [-0.3, -0.25) is 9.36 Å². The van der Waals surface area contributed by atoms with Gasteiger partial charge in [0.15, 0.2) is 16.7 Å². The van der Waals surface area contributed by atoms with Crippen molar-refractivity contribution in [2.75, 3.05) is 42.0 Å². The van der Waals surface area contributed by atoms with Gasteiger partial charge in [-0.05, 0) is 57.2 Å². The number of aromatic nitrogens is 2. The van der Waals surface area contributed by atoms with Gasteiger partial charge in [-0.25, -0.2) is 4.98 Å². The van der Waals surface area contributed by atoms with Crippen LogP contribution in [-0.2, 0) is 12.3 Å². The molecule has 0 bridgehead atoms. The summed E-state index contributed by atoms with van der Waals surface area (Å²) in [5.74, 6) is 1.95. The van der Waals surface area contributed by atoms with Gasteiger partial charge in [0.05, 0.1) is 26.7 Å². The number of rotatable bonds is 11. The predicted molar refractivity (Wildman–Crippen MR) is 137 cm³/mol. The van der Waals surface area contributed by atoms with Gasteiger partial charge in [-0.15, -0.1) is 0 Å². The average molecular weight is 536 g/mol. The van der Waals surface area contributed by atoms with Gasteiger partial charge >= 0.3 is 0 Å². The predicted octanol–water partition coefficient (Wildman–Crippen LogP) is 4.82. The van der Waals surface area contributed by atoms with Crippen molar-refractivity contribution in [1.29, 1.82) is 0 Å². The van der Waals surface area contributed by atoms with Gasteiger partial charge in [0.1, 0.15) is 5.52 Å². The third-order valence-electron chi connectivity index (χ3n) is 5.24. The molecule has 33 heavy (non-hydrogen) atoms. The topological polar surface area (TPSA) is 65.8 Å². The number of unbranched alkanes of at least 4 members (excludes halogenated alkanes) is 1. The van der Waals surface area contributed by atoms with Crippen LogP contribution in [0.5, 0.6) is 17.2 Å². The lowest BCUT2D eigenvalue weighted by molar-refractivity contribution is 0.326. The van der Waals surface area contributed by atoms with Crippen molar-refractivity contribution in [3.05, 3.63) is 50.7 Å². The summed E-state index contributed by atoms with van der Waals surface area (Å²) in [5, 5.41) is 1.11. The molecule has 0 amide bonds. The molecule has 0 aliphatic rings. The summed E-state index contributed by atoms with van der Waals surface area (Å²) in [6.07, 6.45) is 1.87. The van der Waals surface area contributed by atoms with Gasteiger partial charge in [0.2, 0.25) is 5.75 Å². The van der Waals surface area contributed by atoms with Crippen molar-refractivity contribution in [3.8, 4) is 17.2 Å². The van der Waals surface area contributed by atoms with E-state index >= 15 is 0 Å². The lowest BCUT2D eigenvalue weighted by Crippen LogP contribution is -2.24. The van der Waals surface area contributed by atoms with Gasteiger partial charge in [0.25, 0.3) is 5.56 Å². The molecule has 7 nitrogen and oxygen atoms in total. The highest BCUT2D eigenvalue weighted by molar-refractivity contribution is 9.10. The monoisotopic (exact) mass is 535 g/mol. The van der Waals surface area contributed by atoms with E-state index in [0.29, 0.717) is 45.6 Å². The van der Waals surface area contributed by atoms with Crippen LogP contribution in [0.4, 0.5) is 0 Å². The number of nitrogens with zero attached hydrogens (tertiary/aromatic N) is 3. The summed E-state index contributed by atoms with van der Waals surface area (Å²) in [4.78, 5) is 20.6. The van der Waals surface area contributed by atoms with Crippen molar-refractivity contribution in [3.63, 3.8) is 0 Å². The maximum absolute atomic E-state index is 13.6. The van der Waals surface area contributed by atoms with Crippen LogP contribution in [0.3, 0.4) is 0 Å². The second kappa shape index (κ2) is 11.8. The highest BCUT2D eigenvalue weighted by Crippen LogP contribution is 2.42. The molecule has 0 N–H and O–H groups in total. The van der Waals surface area contributed by atoms with Crippen LogP contribution < -0.4 is 19.8 Å². The largest absolute Gasteiger partial charge is 0.493 e. The first kappa shape index (κ1) is 25.4. The van der Waals surface area contributed by atoms with E-state index in [9.17, 15) is 4.79 Å². The van der Waals surface area contributed by atoms with Gasteiger partial charge in [0, 0.05) is 16.8 Å². The summed E-state index contributed by atoms with van der Waals surface area (Å²) >= 11 is 5.01. The minimum Gasteiger partial charge on any atom is -0.493 e. The number of ether oxygens (including phenoxy) is 3. The number of methoxy groups -OCH3 is 3. The van der Waals surface area contributed by atoms with Crippen molar-refractivity contribution in [2.24, 2.45) is 0 Å². The Morgan fingerprint density at radius 2 is 1.73 bits per heavy atom. The van der Waals surface area contributed by atoms with Crippen LogP contribution in [0.1, 0.15) is 18.4 Å². The average Bonchev–Trinajstić information content (AvgIpc) is 2.81. The standard InChI is InChI=1S/C24H30BrN3O4S/c1-27(2)12-6-7-13-28-23(29)18-14-19(30-3)21(31-4)22(32-5)20(18)26-24(28)33-15-16-8-10-17(25)11-9-16/h8-11,14H,6-7,12-13,15H2,1-5H3. The molecule has 0 radical (unpaired) electrons. The Kier molecular flexibility index (Phi) is 9.05. The Morgan fingerprint density at radius 3 is 2.33 bits per heavy atom. The highest BCUT2D eigenvalue weighted by atomic mass is 79.9. The molecule has 0 unspecified atom stereocenters. The van der Waals surface area contributed by atoms with Gasteiger partial charge < -0.3 is 19.1 Å². The zero-order valence-corrected chi connectivity index (χ0v) is 22.1. The molecule has 0 aliphatic heterocycles. The fraction of sp³-hybridized carbons (Fsp3) is 0.417. The SMILES string of the molecule is COc1cc2c(=O)n(CCCCN(C)C)c(SCc3ccc(Br)cc3)nc2c(OC)c1OC. The molecule has 1 heterocycles. The lowest BCUT2D eigenvalue weighted by Gasteiger charge is -2.18. The molecule has 3 aromatic rings. The van der Waals surface area contributed by atoms with E-state index < -0.39 is 0 Å². The lowest BCUT2D eigenvalue weighted by atomic mass is 10.2. The first-order valence-electron chi connectivity index (χ1n) is 10.6. The number of hydrogen-bond donors (Lipinski definition) is 0. The Labute approximate surface area is 207 Å². The molecular formula is C24H30BrN3O4S. The quantitative estimate of drug-likeness (QED) is 0.198. The summed E-state index contributed by atoms with van der Waals surface area (Å²) in [6, 6.07) is 9.83. The van der Waals surface area contributed by atoms with E-state index in [1.54, 1.807) is 43.7 Å². The Morgan fingerprint density at radius 1 is 1.03 bits per heavy atom. The Hall–Kier alpha value is -2.23. The van der Waals surface area contributed by atoms with E-state index in [1.807, 2.05) is 12.1 Å². The molecule has 178 valence electrons. The van der Waals surface area contributed by atoms with Crippen LogP contribution in [0, 0.1) is 0 Å². The van der Waals surface area contributed by atoms with Crippen molar-refractivity contribution >= 4 is 38.6 Å². The van der Waals surface area contributed by atoms with Gasteiger partial charge in [-0.1, -0.05) is 39.8 Å². The number of halogens is 1. The smallest absolute Gasteiger partial charge is 0.262 e. The van der Waals surface area contributed by atoms with Crippen LogP contribution in [-0.4, -0.2) is 56.4 Å². The molecule has 3 rings (SSSR count). The van der Waals surface area contributed by atoms with E-state index in [0.717, 1.165) is 29.4 Å². The molecule has 9 heteroatoms. The first-order chi connectivity index (χ1) is 15.9. The van der Waals surface area contributed by atoms with Crippen molar-refractivity contribution < 1.29 is 14.2 Å². The maximum Gasteiger partial charge on any atom is 0.262 e. The number of fused-ring (bicyclic) bond motifs is 1. The van der Waals surface area contributed by atoms with E-state index in [-0.39, 0.29) is 5.56 Å². The fourth-order valence-electron chi connectivity index (χ4n) is 3.54. The minimum absolute atomic E-state index is 0.109. The first-order valence-corrected chi connectivity index (χ1v) is 12.4. The number of hydrogen-bond acceptors (Lipinski definition) is 7. The minimum atomic E-state index is -0.109. The molecule has 0 atom stereocenters. The second-order valence-corrected chi connectivity index (χ2v) is 9.68. The molecule has 2 aromatic carbocycles. The zero-order valence-electron chi connectivity index (χ0n) is 19.7. The fourth-order valence-corrected chi connectivity index (χ4v) is 4.78. The molecule has 1 aromatic heterocycles. The summed E-state index contributed by atoms with van der Waals surface area (Å²) in [7, 11) is 8.73. The molecule has 0 saturated heterocycles. The Balaban J connectivity index is 2.07. The van der Waals surface area contributed by atoms with Crippen LogP contribution >= 0.6 is 27.7 Å². The molecule has 0 aliphatic carbocycles. The van der Waals surface area contributed by atoms with Crippen molar-refractivity contribution in [2.45, 2.75) is 30.3 Å². The number of benzene rings is 2. The van der Waals surface area contributed by atoms with E-state index in [1.165, 1.54) is 0 Å². The second-order valence-electron chi connectivity index (χ2n) is 7.82. The van der Waals surface area contributed by atoms with Crippen LogP contribution in [0.15, 0.2) is 44.8 Å². The summed E-state index contributed by atoms with van der Waals surface area (Å²) in [6.45, 7) is 1.56. The van der Waals surface area contributed by atoms with Gasteiger partial charge in [-0.2, -0.15) is 0 Å².